The Labute approximate surface area is 101 Å². The van der Waals surface area contributed by atoms with E-state index in [0.717, 1.165) is 14.9 Å². The van der Waals surface area contributed by atoms with Gasteiger partial charge in [0.15, 0.2) is 0 Å². The summed E-state index contributed by atoms with van der Waals surface area (Å²) in [6.07, 6.45) is 6.49. The zero-order valence-corrected chi connectivity index (χ0v) is 10.3. The number of nitrogens with zero attached hydrogens (tertiary/aromatic N) is 2. The van der Waals surface area contributed by atoms with E-state index in [4.69, 9.17) is 0 Å². The highest BCUT2D eigenvalue weighted by Gasteiger charge is 2.26. The van der Waals surface area contributed by atoms with Gasteiger partial charge in [-0.3, -0.25) is 4.40 Å². The molecular weight excluding hydrogens is 303 g/mol. The van der Waals surface area contributed by atoms with Crippen LogP contribution in [0.2, 0.25) is 0 Å². The van der Waals surface area contributed by atoms with Crippen LogP contribution in [0, 0.1) is 3.70 Å². The lowest BCUT2D eigenvalue weighted by Crippen LogP contribution is -1.97. The van der Waals surface area contributed by atoms with E-state index in [9.17, 15) is 5.11 Å². The van der Waals surface area contributed by atoms with Crippen molar-refractivity contribution in [1.29, 1.82) is 0 Å². The molecule has 1 aliphatic rings. The second-order valence-electron chi connectivity index (χ2n) is 4.00. The van der Waals surface area contributed by atoms with E-state index in [-0.39, 0.29) is 6.61 Å². The first-order valence-corrected chi connectivity index (χ1v) is 6.13. The van der Waals surface area contributed by atoms with Gasteiger partial charge in [-0.05, 0) is 58.5 Å². The van der Waals surface area contributed by atoms with Crippen molar-refractivity contribution in [3.8, 4) is 0 Å². The fourth-order valence-corrected chi connectivity index (χ4v) is 2.47. The molecule has 0 aliphatic heterocycles. The molecule has 0 bridgehead atoms. The summed E-state index contributed by atoms with van der Waals surface area (Å²) in [4.78, 5) is 4.29. The topological polar surface area (TPSA) is 37.5 Å². The molecule has 0 aromatic carbocycles. The minimum Gasteiger partial charge on any atom is -0.392 e. The standard InChI is InChI=1S/C11H11IN2O/c12-10-4-13-11-3-8(6-15)9(5-14(10)11)7-1-2-7/h3-5,7,15H,1-2,6H2. The Morgan fingerprint density at radius 1 is 1.53 bits per heavy atom. The molecule has 0 spiro atoms. The first-order valence-electron chi connectivity index (χ1n) is 5.06. The molecule has 0 atom stereocenters. The minimum atomic E-state index is 0.117. The zero-order chi connectivity index (χ0) is 10.4. The van der Waals surface area contributed by atoms with Crippen LogP contribution in [0.25, 0.3) is 5.65 Å². The van der Waals surface area contributed by atoms with Crippen LogP contribution in [0.5, 0.6) is 0 Å². The van der Waals surface area contributed by atoms with Crippen molar-refractivity contribution >= 4 is 28.2 Å². The molecule has 1 saturated carbocycles. The predicted octanol–water partition coefficient (Wildman–Crippen LogP) is 2.31. The van der Waals surface area contributed by atoms with Crippen LogP contribution in [0.1, 0.15) is 29.9 Å². The molecule has 2 heterocycles. The Hall–Kier alpha value is -0.620. The zero-order valence-electron chi connectivity index (χ0n) is 8.15. The molecule has 1 aliphatic carbocycles. The molecule has 4 heteroatoms. The number of pyridine rings is 1. The van der Waals surface area contributed by atoms with Crippen molar-refractivity contribution in [2.45, 2.75) is 25.4 Å². The van der Waals surface area contributed by atoms with E-state index in [1.807, 2.05) is 12.3 Å². The number of aliphatic hydroxyl groups is 1. The summed E-state index contributed by atoms with van der Waals surface area (Å²) >= 11 is 2.28. The van der Waals surface area contributed by atoms with Crippen LogP contribution in [-0.2, 0) is 6.61 Å². The van der Waals surface area contributed by atoms with Gasteiger partial charge in [-0.25, -0.2) is 4.98 Å². The fraction of sp³-hybridized carbons (Fsp3) is 0.364. The van der Waals surface area contributed by atoms with Crippen molar-refractivity contribution in [2.75, 3.05) is 0 Å². The van der Waals surface area contributed by atoms with Gasteiger partial charge >= 0.3 is 0 Å². The highest BCUT2D eigenvalue weighted by molar-refractivity contribution is 14.1. The van der Waals surface area contributed by atoms with Gasteiger partial charge in [-0.1, -0.05) is 0 Å². The molecule has 2 aromatic heterocycles. The largest absolute Gasteiger partial charge is 0.392 e. The molecule has 1 fully saturated rings. The van der Waals surface area contributed by atoms with Gasteiger partial charge in [0.2, 0.25) is 0 Å². The SMILES string of the molecule is OCc1cc2ncc(I)n2cc1C1CC1. The van der Waals surface area contributed by atoms with E-state index in [1.54, 1.807) is 0 Å². The molecule has 3 rings (SSSR count). The van der Waals surface area contributed by atoms with Crippen molar-refractivity contribution < 1.29 is 5.11 Å². The van der Waals surface area contributed by atoms with Crippen molar-refractivity contribution in [1.82, 2.24) is 9.38 Å². The Morgan fingerprint density at radius 3 is 3.00 bits per heavy atom. The fourth-order valence-electron chi connectivity index (χ4n) is 1.95. The Bertz CT molecular complexity index is 517. The molecule has 0 saturated heterocycles. The average molecular weight is 314 g/mol. The van der Waals surface area contributed by atoms with Crippen LogP contribution in [-0.4, -0.2) is 14.5 Å². The molecule has 78 valence electrons. The lowest BCUT2D eigenvalue weighted by atomic mass is 10.1. The second-order valence-corrected chi connectivity index (χ2v) is 5.10. The number of hydrogen-bond donors (Lipinski definition) is 1. The highest BCUT2D eigenvalue weighted by Crippen LogP contribution is 2.41. The molecule has 2 aromatic rings. The number of hydrogen-bond acceptors (Lipinski definition) is 2. The monoisotopic (exact) mass is 314 g/mol. The molecule has 0 radical (unpaired) electrons. The van der Waals surface area contributed by atoms with Gasteiger partial charge in [-0.2, -0.15) is 0 Å². The first kappa shape index (κ1) is 9.59. The lowest BCUT2D eigenvalue weighted by Gasteiger charge is -2.07. The Morgan fingerprint density at radius 2 is 2.33 bits per heavy atom. The van der Waals surface area contributed by atoms with Gasteiger partial charge in [0.05, 0.1) is 12.8 Å². The predicted molar refractivity (Wildman–Crippen MR) is 65.8 cm³/mol. The number of aromatic nitrogens is 2. The second kappa shape index (κ2) is 3.45. The maximum Gasteiger partial charge on any atom is 0.137 e. The quantitative estimate of drug-likeness (QED) is 0.864. The van der Waals surface area contributed by atoms with Gasteiger partial charge in [0, 0.05) is 6.20 Å². The van der Waals surface area contributed by atoms with Gasteiger partial charge in [0.25, 0.3) is 0 Å². The summed E-state index contributed by atoms with van der Waals surface area (Å²) in [5.41, 5.74) is 3.25. The smallest absolute Gasteiger partial charge is 0.137 e. The Balaban J connectivity index is 2.25. The first-order chi connectivity index (χ1) is 7.29. The molecular formula is C11H11IN2O. The number of imidazole rings is 1. The van der Waals surface area contributed by atoms with Crippen LogP contribution in [0.15, 0.2) is 18.5 Å². The van der Waals surface area contributed by atoms with E-state index in [1.165, 1.54) is 18.4 Å². The summed E-state index contributed by atoms with van der Waals surface area (Å²) in [7, 11) is 0. The number of fused-ring (bicyclic) bond motifs is 1. The van der Waals surface area contributed by atoms with Gasteiger partial charge in [-0.15, -0.1) is 0 Å². The molecule has 15 heavy (non-hydrogen) atoms. The third-order valence-electron chi connectivity index (χ3n) is 2.91. The third kappa shape index (κ3) is 1.56. The summed E-state index contributed by atoms with van der Waals surface area (Å²) in [5.74, 6) is 0.662. The maximum atomic E-state index is 9.32. The summed E-state index contributed by atoms with van der Waals surface area (Å²) in [6, 6.07) is 2.00. The van der Waals surface area contributed by atoms with E-state index in [2.05, 4.69) is 38.2 Å². The highest BCUT2D eigenvalue weighted by atomic mass is 127. The number of halogens is 1. The van der Waals surface area contributed by atoms with Crippen LogP contribution >= 0.6 is 22.6 Å². The number of rotatable bonds is 2. The molecule has 3 nitrogen and oxygen atoms in total. The number of aliphatic hydroxyl groups excluding tert-OH is 1. The lowest BCUT2D eigenvalue weighted by molar-refractivity contribution is 0.280. The van der Waals surface area contributed by atoms with Gasteiger partial charge in [0.1, 0.15) is 9.35 Å². The van der Waals surface area contributed by atoms with Crippen LogP contribution in [0.3, 0.4) is 0 Å². The van der Waals surface area contributed by atoms with Crippen molar-refractivity contribution in [3.63, 3.8) is 0 Å². The van der Waals surface area contributed by atoms with E-state index in [0.29, 0.717) is 5.92 Å². The van der Waals surface area contributed by atoms with Crippen molar-refractivity contribution in [2.24, 2.45) is 0 Å². The third-order valence-corrected chi connectivity index (χ3v) is 3.71. The van der Waals surface area contributed by atoms with Crippen LogP contribution < -0.4 is 0 Å². The molecule has 0 amide bonds. The van der Waals surface area contributed by atoms with Gasteiger partial charge < -0.3 is 5.11 Å². The Kier molecular flexibility index (Phi) is 2.21. The molecule has 1 N–H and O–H groups in total. The molecule has 0 unspecified atom stereocenters. The summed E-state index contributed by atoms with van der Waals surface area (Å²) < 4.78 is 3.21. The average Bonchev–Trinajstić information content (AvgIpc) is 3.04. The normalized spacial score (nSPS) is 16.1. The van der Waals surface area contributed by atoms with E-state index < -0.39 is 0 Å². The van der Waals surface area contributed by atoms with E-state index >= 15 is 0 Å². The van der Waals surface area contributed by atoms with Crippen molar-refractivity contribution in [3.05, 3.63) is 33.3 Å². The summed E-state index contributed by atoms with van der Waals surface area (Å²) in [5, 5.41) is 9.32. The minimum absolute atomic E-state index is 0.117. The maximum absolute atomic E-state index is 9.32. The summed E-state index contributed by atoms with van der Waals surface area (Å²) in [6.45, 7) is 0.117. The van der Waals surface area contributed by atoms with Crippen LogP contribution in [0.4, 0.5) is 0 Å².